The van der Waals surface area contributed by atoms with Crippen LogP contribution in [0.25, 0.3) is 6.08 Å². The van der Waals surface area contributed by atoms with Gasteiger partial charge >= 0.3 is 0 Å². The number of hydrogen-bond acceptors (Lipinski definition) is 4. The van der Waals surface area contributed by atoms with Gasteiger partial charge in [0.2, 0.25) is 0 Å². The number of rotatable bonds is 5. The second kappa shape index (κ2) is 10.5. The Balaban J connectivity index is 1.57. The van der Waals surface area contributed by atoms with Gasteiger partial charge in [-0.25, -0.2) is 4.39 Å². The number of thioether (sulfide) groups is 1. The van der Waals surface area contributed by atoms with Gasteiger partial charge in [-0.3, -0.25) is 9.69 Å². The van der Waals surface area contributed by atoms with Crippen molar-refractivity contribution in [3.05, 3.63) is 95.4 Å². The van der Waals surface area contributed by atoms with Gasteiger partial charge in [0.15, 0.2) is 4.32 Å². The Morgan fingerprint density at radius 1 is 1.09 bits per heavy atom. The van der Waals surface area contributed by atoms with Crippen LogP contribution in [0.4, 0.5) is 10.1 Å². The molecule has 0 radical (unpaired) electrons. The van der Waals surface area contributed by atoms with E-state index in [2.05, 4.69) is 31.9 Å². The lowest BCUT2D eigenvalue weighted by Gasteiger charge is -2.16. The lowest BCUT2D eigenvalue weighted by molar-refractivity contribution is -0.113. The molecule has 1 aliphatic rings. The van der Waals surface area contributed by atoms with Crippen molar-refractivity contribution in [3.63, 3.8) is 0 Å². The zero-order valence-electron chi connectivity index (χ0n) is 16.5. The topological polar surface area (TPSA) is 29.5 Å². The molecule has 1 fully saturated rings. The molecule has 168 valence electrons. The summed E-state index contributed by atoms with van der Waals surface area (Å²) in [6, 6.07) is 14.9. The van der Waals surface area contributed by atoms with Gasteiger partial charge in [-0.15, -0.1) is 0 Å². The average molecular weight is 648 g/mol. The van der Waals surface area contributed by atoms with E-state index in [4.69, 9.17) is 40.2 Å². The molecule has 1 saturated heterocycles. The molecule has 0 bridgehead atoms. The number of halogens is 5. The smallest absolute Gasteiger partial charge is 0.270 e. The molecular weight excluding hydrogens is 636 g/mol. The van der Waals surface area contributed by atoms with Crippen LogP contribution in [0.15, 0.2) is 68.4 Å². The molecule has 1 amide bonds. The number of anilines is 1. The van der Waals surface area contributed by atoms with Crippen LogP contribution in [-0.4, -0.2) is 10.2 Å². The fourth-order valence-corrected chi connectivity index (χ4v) is 6.28. The van der Waals surface area contributed by atoms with Crippen molar-refractivity contribution in [2.75, 3.05) is 4.90 Å². The van der Waals surface area contributed by atoms with Gasteiger partial charge in [0, 0.05) is 10.6 Å². The number of carbonyl (C=O) groups excluding carboxylic acids is 1. The maximum absolute atomic E-state index is 13.9. The summed E-state index contributed by atoms with van der Waals surface area (Å²) < 4.78 is 21.4. The van der Waals surface area contributed by atoms with Gasteiger partial charge in [-0.1, -0.05) is 65.4 Å². The zero-order chi connectivity index (χ0) is 23.7. The van der Waals surface area contributed by atoms with E-state index < -0.39 is 0 Å². The van der Waals surface area contributed by atoms with Gasteiger partial charge < -0.3 is 4.74 Å². The van der Waals surface area contributed by atoms with Gasteiger partial charge in [-0.05, 0) is 79.9 Å². The van der Waals surface area contributed by atoms with Crippen LogP contribution in [0.2, 0.25) is 10.0 Å². The summed E-state index contributed by atoms with van der Waals surface area (Å²) in [5.74, 6) is -0.0820. The molecule has 10 heteroatoms. The van der Waals surface area contributed by atoms with Crippen molar-refractivity contribution >= 4 is 101 Å². The molecule has 1 heterocycles. The molecule has 3 nitrogen and oxygen atoms in total. The van der Waals surface area contributed by atoms with E-state index in [-0.39, 0.29) is 18.3 Å². The van der Waals surface area contributed by atoms with Crippen LogP contribution in [0.5, 0.6) is 5.75 Å². The van der Waals surface area contributed by atoms with Gasteiger partial charge in [0.1, 0.15) is 18.2 Å². The van der Waals surface area contributed by atoms with E-state index in [0.717, 1.165) is 5.56 Å². The highest BCUT2D eigenvalue weighted by molar-refractivity contribution is 9.11. The number of thiocarbonyl (C=S) groups is 1. The summed E-state index contributed by atoms with van der Waals surface area (Å²) in [6.07, 6.45) is 1.74. The fraction of sp³-hybridized carbons (Fsp3) is 0.0435. The second-order valence-corrected chi connectivity index (χ2v) is 11.0. The standard InChI is InChI=1S/C23H12Br2Cl2FNO2S2/c24-15-7-12(8-16(25)21(15)31-11-13-3-1-2-4-18(13)28)9-20-22(30)29(23(32)33-20)19-6-5-14(26)10-17(19)27/h1-10H,11H2/b20-9-. The Labute approximate surface area is 226 Å². The first-order chi connectivity index (χ1) is 15.7. The van der Waals surface area contributed by atoms with Crippen LogP contribution in [0.3, 0.4) is 0 Å². The summed E-state index contributed by atoms with van der Waals surface area (Å²) in [5, 5.41) is 0.804. The minimum Gasteiger partial charge on any atom is -0.486 e. The number of benzene rings is 3. The maximum atomic E-state index is 13.9. The zero-order valence-corrected chi connectivity index (χ0v) is 22.8. The van der Waals surface area contributed by atoms with E-state index in [1.165, 1.54) is 22.7 Å². The molecule has 0 atom stereocenters. The van der Waals surface area contributed by atoms with E-state index in [0.29, 0.717) is 45.2 Å². The third-order valence-corrected chi connectivity index (χ3v) is 7.61. The molecule has 0 unspecified atom stereocenters. The minimum absolute atomic E-state index is 0.0731. The van der Waals surface area contributed by atoms with Crippen molar-refractivity contribution in [3.8, 4) is 5.75 Å². The first-order valence-corrected chi connectivity index (χ1v) is 12.9. The number of amides is 1. The van der Waals surface area contributed by atoms with Crippen molar-refractivity contribution in [1.29, 1.82) is 0 Å². The largest absolute Gasteiger partial charge is 0.486 e. The van der Waals surface area contributed by atoms with Crippen LogP contribution in [0, 0.1) is 5.82 Å². The third kappa shape index (κ3) is 5.47. The Bertz CT molecular complexity index is 1300. The number of nitrogens with zero attached hydrogens (tertiary/aromatic N) is 1. The fourth-order valence-electron chi connectivity index (χ4n) is 3.06. The van der Waals surface area contributed by atoms with Gasteiger partial charge in [0.25, 0.3) is 5.91 Å². The number of hydrogen-bond donors (Lipinski definition) is 0. The highest BCUT2D eigenvalue weighted by Gasteiger charge is 2.34. The quantitative estimate of drug-likeness (QED) is 0.205. The SMILES string of the molecule is O=C1/C(=C/c2cc(Br)c(OCc3ccccc3F)c(Br)c2)SC(=S)N1c1ccc(Cl)cc1Cl. The number of carbonyl (C=O) groups is 1. The predicted octanol–water partition coefficient (Wildman–Crippen LogP) is 8.64. The molecule has 4 rings (SSSR count). The minimum atomic E-state index is -0.329. The van der Waals surface area contributed by atoms with Crippen molar-refractivity contribution in [1.82, 2.24) is 0 Å². The van der Waals surface area contributed by atoms with Gasteiger partial charge in [0.05, 0.1) is 24.6 Å². The summed E-state index contributed by atoms with van der Waals surface area (Å²) in [7, 11) is 0. The molecule has 0 aliphatic carbocycles. The predicted molar refractivity (Wildman–Crippen MR) is 145 cm³/mol. The van der Waals surface area contributed by atoms with E-state index in [1.54, 1.807) is 42.5 Å². The van der Waals surface area contributed by atoms with Crippen molar-refractivity contribution in [2.24, 2.45) is 0 Å². The summed E-state index contributed by atoms with van der Waals surface area (Å²) in [5.41, 5.74) is 1.67. The highest BCUT2D eigenvalue weighted by atomic mass is 79.9. The lowest BCUT2D eigenvalue weighted by atomic mass is 10.2. The second-order valence-electron chi connectivity index (χ2n) is 6.81. The summed E-state index contributed by atoms with van der Waals surface area (Å²) in [4.78, 5) is 14.9. The molecule has 0 N–H and O–H groups in total. The van der Waals surface area contributed by atoms with Gasteiger partial charge in [-0.2, -0.15) is 0 Å². The van der Waals surface area contributed by atoms with Crippen LogP contribution >= 0.6 is 79.0 Å². The Morgan fingerprint density at radius 2 is 1.79 bits per heavy atom. The third-order valence-electron chi connectivity index (χ3n) is 4.59. The average Bonchev–Trinajstić information content (AvgIpc) is 3.02. The first kappa shape index (κ1) is 24.7. The van der Waals surface area contributed by atoms with Crippen LogP contribution in [-0.2, 0) is 11.4 Å². The molecule has 33 heavy (non-hydrogen) atoms. The molecule has 0 saturated carbocycles. The summed E-state index contributed by atoms with van der Waals surface area (Å²) >= 11 is 25.8. The molecule has 1 aliphatic heterocycles. The van der Waals surface area contributed by atoms with Crippen molar-refractivity contribution < 1.29 is 13.9 Å². The van der Waals surface area contributed by atoms with E-state index >= 15 is 0 Å². The Morgan fingerprint density at radius 3 is 2.45 bits per heavy atom. The molecule has 3 aromatic rings. The Hall–Kier alpha value is -1.42. The molecule has 3 aromatic carbocycles. The maximum Gasteiger partial charge on any atom is 0.270 e. The molecule has 0 spiro atoms. The first-order valence-electron chi connectivity index (χ1n) is 9.33. The number of ether oxygens (including phenoxy) is 1. The van der Waals surface area contributed by atoms with E-state index in [9.17, 15) is 9.18 Å². The lowest BCUT2D eigenvalue weighted by Crippen LogP contribution is -2.27. The highest BCUT2D eigenvalue weighted by Crippen LogP contribution is 2.41. The van der Waals surface area contributed by atoms with Crippen LogP contribution < -0.4 is 9.64 Å². The normalized spacial score (nSPS) is 14.9. The van der Waals surface area contributed by atoms with Crippen molar-refractivity contribution in [2.45, 2.75) is 6.61 Å². The van der Waals surface area contributed by atoms with E-state index in [1.807, 2.05) is 12.1 Å². The Kier molecular flexibility index (Phi) is 7.83. The summed E-state index contributed by atoms with van der Waals surface area (Å²) in [6.45, 7) is 0.0731. The molecule has 0 aromatic heterocycles. The van der Waals surface area contributed by atoms with Crippen LogP contribution in [0.1, 0.15) is 11.1 Å². The monoisotopic (exact) mass is 645 g/mol. The molecular formula is C23H12Br2Cl2FNO2S2.